The first-order valence-corrected chi connectivity index (χ1v) is 13.0. The molecule has 0 bridgehead atoms. The average molecular weight is 545 g/mol. The van der Waals surface area contributed by atoms with Crippen LogP contribution in [-0.4, -0.2) is 70.2 Å². The number of carbonyl (C=O) groups is 2. The van der Waals surface area contributed by atoms with Gasteiger partial charge < -0.3 is 20.4 Å². The third-order valence-corrected chi connectivity index (χ3v) is 7.13. The van der Waals surface area contributed by atoms with E-state index in [-0.39, 0.29) is 28.7 Å². The lowest BCUT2D eigenvalue weighted by molar-refractivity contribution is 0.0743. The number of anilines is 1. The Hall–Kier alpha value is -4.44. The van der Waals surface area contributed by atoms with E-state index in [1.165, 1.54) is 0 Å². The lowest BCUT2D eigenvalue weighted by Gasteiger charge is -2.24. The van der Waals surface area contributed by atoms with Gasteiger partial charge in [0.15, 0.2) is 11.6 Å². The van der Waals surface area contributed by atoms with Crippen molar-refractivity contribution in [2.45, 2.75) is 20.0 Å². The van der Waals surface area contributed by atoms with Crippen molar-refractivity contribution in [1.29, 1.82) is 0 Å². The van der Waals surface area contributed by atoms with Gasteiger partial charge >= 0.3 is 0 Å². The monoisotopic (exact) mass is 544 g/mol. The van der Waals surface area contributed by atoms with E-state index in [0.717, 1.165) is 23.3 Å². The van der Waals surface area contributed by atoms with Gasteiger partial charge in [0.2, 0.25) is 5.95 Å². The number of rotatable bonds is 7. The van der Waals surface area contributed by atoms with Gasteiger partial charge in [0.05, 0.1) is 11.1 Å². The Morgan fingerprint density at radius 3 is 2.27 bits per heavy atom. The van der Waals surface area contributed by atoms with Gasteiger partial charge in [-0.15, -0.1) is 0 Å². The highest BCUT2D eigenvalue weighted by molar-refractivity contribution is 6.07. The van der Waals surface area contributed by atoms with E-state index in [9.17, 15) is 18.4 Å². The summed E-state index contributed by atoms with van der Waals surface area (Å²) in [4.78, 5) is 40.9. The van der Waals surface area contributed by atoms with Crippen LogP contribution in [0, 0.1) is 11.6 Å². The number of nitrogen functional groups attached to an aromatic ring is 1. The summed E-state index contributed by atoms with van der Waals surface area (Å²) in [5, 5.41) is 0.399. The summed E-state index contributed by atoms with van der Waals surface area (Å²) in [7, 11) is 3.79. The first-order chi connectivity index (χ1) is 19.2. The molecule has 2 N–H and O–H groups in total. The molecule has 5 rings (SSSR count). The molecule has 0 saturated carbocycles. The summed E-state index contributed by atoms with van der Waals surface area (Å²) >= 11 is 0. The summed E-state index contributed by atoms with van der Waals surface area (Å²) < 4.78 is 29.0. The molecule has 1 aliphatic rings. The Bertz CT molecular complexity index is 1600. The maximum Gasteiger partial charge on any atom is 0.273 e. The predicted molar refractivity (Wildman–Crippen MR) is 149 cm³/mol. The fraction of sp³-hybridized carbons (Fsp3) is 0.267. The molecule has 0 atom stereocenters. The van der Waals surface area contributed by atoms with Crippen LogP contribution in [0.5, 0.6) is 0 Å². The molecule has 3 aromatic carbocycles. The van der Waals surface area contributed by atoms with Crippen molar-refractivity contribution in [2.75, 3.05) is 39.5 Å². The van der Waals surface area contributed by atoms with Gasteiger partial charge in [0.25, 0.3) is 11.8 Å². The van der Waals surface area contributed by atoms with Crippen LogP contribution in [0.4, 0.5) is 14.7 Å². The van der Waals surface area contributed by atoms with Crippen molar-refractivity contribution in [1.82, 2.24) is 24.7 Å². The van der Waals surface area contributed by atoms with Crippen LogP contribution in [0.2, 0.25) is 0 Å². The van der Waals surface area contributed by atoms with E-state index in [2.05, 4.69) is 9.97 Å². The van der Waals surface area contributed by atoms with Gasteiger partial charge in [0.1, 0.15) is 5.69 Å². The van der Waals surface area contributed by atoms with Crippen molar-refractivity contribution >= 4 is 28.7 Å². The minimum absolute atomic E-state index is 0.0260. The van der Waals surface area contributed by atoms with E-state index in [4.69, 9.17) is 5.73 Å². The zero-order valence-corrected chi connectivity index (χ0v) is 22.6. The SMILES string of the molecule is CCN(CCN(C)C)C(=O)c1cc(F)c(F)cc1-c1ccc2nc(N)nc(C(=O)N3Cc4ccccc4C3)c2c1. The number of benzene rings is 3. The molecular weight excluding hydrogens is 514 g/mol. The highest BCUT2D eigenvalue weighted by Gasteiger charge is 2.28. The van der Waals surface area contributed by atoms with Gasteiger partial charge in [-0.2, -0.15) is 0 Å². The molecule has 40 heavy (non-hydrogen) atoms. The molecule has 0 unspecified atom stereocenters. The smallest absolute Gasteiger partial charge is 0.273 e. The number of nitrogens with zero attached hydrogens (tertiary/aromatic N) is 5. The maximum atomic E-state index is 14.5. The second kappa shape index (κ2) is 11.0. The molecule has 0 fully saturated rings. The molecule has 2 heterocycles. The normalized spacial score (nSPS) is 12.7. The highest BCUT2D eigenvalue weighted by Crippen LogP contribution is 2.32. The molecule has 1 aliphatic heterocycles. The van der Waals surface area contributed by atoms with Crippen LogP contribution >= 0.6 is 0 Å². The molecule has 10 heteroatoms. The lowest BCUT2D eigenvalue weighted by Crippen LogP contribution is -2.36. The fourth-order valence-corrected chi connectivity index (χ4v) is 4.96. The van der Waals surface area contributed by atoms with Crippen molar-refractivity contribution in [3.63, 3.8) is 0 Å². The lowest BCUT2D eigenvalue weighted by atomic mass is 9.96. The Kier molecular flexibility index (Phi) is 7.44. The fourth-order valence-electron chi connectivity index (χ4n) is 4.96. The van der Waals surface area contributed by atoms with Gasteiger partial charge in [0, 0.05) is 38.1 Å². The predicted octanol–water partition coefficient (Wildman–Crippen LogP) is 4.34. The van der Waals surface area contributed by atoms with Crippen LogP contribution < -0.4 is 5.73 Å². The Balaban J connectivity index is 1.58. The van der Waals surface area contributed by atoms with Crippen LogP contribution in [0.1, 0.15) is 38.9 Å². The number of fused-ring (bicyclic) bond motifs is 2. The van der Waals surface area contributed by atoms with Crippen LogP contribution in [0.25, 0.3) is 22.0 Å². The number of aromatic nitrogens is 2. The van der Waals surface area contributed by atoms with Gasteiger partial charge in [-0.1, -0.05) is 30.3 Å². The minimum Gasteiger partial charge on any atom is -0.368 e. The molecular formula is C30H30F2N6O2. The van der Waals surface area contributed by atoms with E-state index >= 15 is 0 Å². The molecule has 8 nitrogen and oxygen atoms in total. The number of hydrogen-bond donors (Lipinski definition) is 1. The van der Waals surface area contributed by atoms with Crippen molar-refractivity contribution < 1.29 is 18.4 Å². The molecule has 2 amide bonds. The van der Waals surface area contributed by atoms with E-state index in [1.54, 1.807) is 28.0 Å². The van der Waals surface area contributed by atoms with Crippen molar-refractivity contribution in [3.05, 3.63) is 88.6 Å². The number of nitrogens with two attached hydrogens (primary N) is 1. The van der Waals surface area contributed by atoms with Gasteiger partial charge in [-0.25, -0.2) is 18.7 Å². The molecule has 0 radical (unpaired) electrons. The van der Waals surface area contributed by atoms with Crippen LogP contribution in [-0.2, 0) is 13.1 Å². The number of carbonyl (C=O) groups excluding carboxylic acids is 2. The molecule has 0 spiro atoms. The van der Waals surface area contributed by atoms with E-state index < -0.39 is 17.5 Å². The third kappa shape index (κ3) is 5.22. The highest BCUT2D eigenvalue weighted by atomic mass is 19.2. The summed E-state index contributed by atoms with van der Waals surface area (Å²) in [6.45, 7) is 4.12. The van der Waals surface area contributed by atoms with Gasteiger partial charge in [-0.3, -0.25) is 9.59 Å². The largest absolute Gasteiger partial charge is 0.368 e. The minimum atomic E-state index is -1.11. The standard InChI is InChI=1S/C30H30F2N6O2/c1-4-37(12-11-36(2)3)28(39)22-15-25(32)24(31)14-21(22)18-9-10-26-23(13-18)27(35-30(33)34-26)29(40)38-16-19-7-5-6-8-20(19)17-38/h5-10,13-15H,4,11-12,16-17H2,1-3H3,(H2,33,34,35). The van der Waals surface area contributed by atoms with Gasteiger partial charge in [-0.05, 0) is 67.5 Å². The summed E-state index contributed by atoms with van der Waals surface area (Å²) in [5.74, 6) is -2.99. The zero-order chi connectivity index (χ0) is 28.6. The molecule has 4 aromatic rings. The van der Waals surface area contributed by atoms with Crippen molar-refractivity contribution in [2.24, 2.45) is 0 Å². The molecule has 0 saturated heterocycles. The quantitative estimate of drug-likeness (QED) is 0.372. The molecule has 0 aliphatic carbocycles. The van der Waals surface area contributed by atoms with Crippen LogP contribution in [0.3, 0.4) is 0 Å². The summed E-state index contributed by atoms with van der Waals surface area (Å²) in [6, 6.07) is 14.7. The summed E-state index contributed by atoms with van der Waals surface area (Å²) in [6.07, 6.45) is 0. The Morgan fingerprint density at radius 1 is 0.950 bits per heavy atom. The van der Waals surface area contributed by atoms with E-state index in [0.29, 0.717) is 49.2 Å². The third-order valence-electron chi connectivity index (χ3n) is 7.13. The number of likely N-dealkylation sites (N-methyl/N-ethyl adjacent to an activating group) is 2. The second-order valence-corrected chi connectivity index (χ2v) is 10.1. The number of hydrogen-bond acceptors (Lipinski definition) is 6. The van der Waals surface area contributed by atoms with Crippen LogP contribution in [0.15, 0.2) is 54.6 Å². The first kappa shape index (κ1) is 27.1. The molecule has 206 valence electrons. The van der Waals surface area contributed by atoms with Crippen molar-refractivity contribution in [3.8, 4) is 11.1 Å². The topological polar surface area (TPSA) is 95.7 Å². The first-order valence-electron chi connectivity index (χ1n) is 13.0. The second-order valence-electron chi connectivity index (χ2n) is 10.1. The van der Waals surface area contributed by atoms with E-state index in [1.807, 2.05) is 50.2 Å². The Labute approximate surface area is 231 Å². The maximum absolute atomic E-state index is 14.5. The number of halogens is 2. The molecule has 1 aromatic heterocycles. The Morgan fingerprint density at radius 2 is 1.62 bits per heavy atom. The average Bonchev–Trinajstić information content (AvgIpc) is 3.37. The summed E-state index contributed by atoms with van der Waals surface area (Å²) in [5.41, 5.74) is 9.25. The number of amides is 2. The zero-order valence-electron chi connectivity index (χ0n) is 22.6.